The van der Waals surface area contributed by atoms with Crippen LogP contribution in [0.5, 0.6) is 0 Å². The van der Waals surface area contributed by atoms with Gasteiger partial charge in [0, 0.05) is 21.2 Å². The van der Waals surface area contributed by atoms with Crippen molar-refractivity contribution in [2.24, 2.45) is 0 Å². The Kier molecular flexibility index (Phi) is 14.9. The van der Waals surface area contributed by atoms with Crippen LogP contribution in [0, 0.1) is 0 Å². The maximum Gasteiger partial charge on any atom is 0.416 e. The summed E-state index contributed by atoms with van der Waals surface area (Å²) in [4.78, 5) is 28.7. The Morgan fingerprint density at radius 3 is 0.685 bits per heavy atom. The van der Waals surface area contributed by atoms with Crippen molar-refractivity contribution >= 4 is 55.0 Å². The van der Waals surface area contributed by atoms with Crippen LogP contribution in [-0.2, 0) is 68.0 Å². The highest BCUT2D eigenvalue weighted by Crippen LogP contribution is 2.50. The van der Waals surface area contributed by atoms with Crippen molar-refractivity contribution in [1.82, 2.24) is 0 Å². The van der Waals surface area contributed by atoms with Gasteiger partial charge in [-0.25, -0.2) is 4.90 Å². The lowest BCUT2D eigenvalue weighted by Gasteiger charge is -2.29. The molecule has 2 amide bonds. The summed E-state index contributed by atoms with van der Waals surface area (Å²) in [6.45, 7) is 0. The molecule has 0 bridgehead atoms. The first-order valence-electron chi connectivity index (χ1n) is 19.1. The molecule has 0 aliphatic carbocycles. The summed E-state index contributed by atoms with van der Waals surface area (Å²) in [6.07, 6.45) is -53.5. The molecule has 1 heterocycles. The highest BCUT2D eigenvalue weighted by Gasteiger charge is 2.54. The SMILES string of the molecule is O=C1[C@H](OP(c2cc(C(F)(F)F)cc(C(F)(F)F)c2)c2cc(C(F)(F)F)cc(C(F)(F)F)c2)[C@@H](OP(c2cc(C(F)(F)F)cc(C(F)(F)F)c2)c2cc(C(F)(F)F)cc(C(F)(F)F)c2)C(=O)N1c1ccccc1. The minimum absolute atomic E-state index is 0.114. The van der Waals surface area contributed by atoms with Gasteiger partial charge in [-0.3, -0.25) is 9.59 Å². The molecule has 6 rings (SSSR count). The average molecular weight is 1120 g/mol. The fourth-order valence-corrected chi connectivity index (χ4v) is 10.6. The van der Waals surface area contributed by atoms with Gasteiger partial charge in [0.25, 0.3) is 11.8 Å². The lowest BCUT2D eigenvalue weighted by Crippen LogP contribution is -2.36. The number of alkyl halides is 24. The highest BCUT2D eigenvalue weighted by atomic mass is 31.1. The number of hydrogen-bond donors (Lipinski definition) is 0. The van der Waals surface area contributed by atoms with Crippen LogP contribution in [0.25, 0.3) is 0 Å². The van der Waals surface area contributed by atoms with Gasteiger partial charge >= 0.3 is 49.4 Å². The molecule has 5 aromatic rings. The first-order chi connectivity index (χ1) is 33.0. The normalized spacial score (nSPS) is 16.9. The van der Waals surface area contributed by atoms with E-state index in [0.29, 0.717) is 0 Å². The molecule has 1 aliphatic rings. The molecule has 0 unspecified atom stereocenters. The highest BCUT2D eigenvalue weighted by molar-refractivity contribution is 7.69. The Bertz CT molecular complexity index is 2430. The third-order valence-electron chi connectivity index (χ3n) is 9.88. The number of hydrogen-bond acceptors (Lipinski definition) is 4. The Morgan fingerprint density at radius 1 is 0.315 bits per heavy atom. The lowest BCUT2D eigenvalue weighted by atomic mass is 10.1. The molecule has 1 aliphatic heterocycles. The Labute approximate surface area is 392 Å². The number of imide groups is 1. The molecule has 73 heavy (non-hydrogen) atoms. The van der Waals surface area contributed by atoms with Crippen LogP contribution in [0.2, 0.25) is 0 Å². The molecule has 1 saturated heterocycles. The third kappa shape index (κ3) is 12.8. The second kappa shape index (κ2) is 19.2. The number of anilines is 1. The van der Waals surface area contributed by atoms with Gasteiger partial charge in [-0.05, 0) is 84.9 Å². The van der Waals surface area contributed by atoms with E-state index in [2.05, 4.69) is 0 Å². The summed E-state index contributed by atoms with van der Waals surface area (Å²) in [7, 11) is -8.72. The van der Waals surface area contributed by atoms with Crippen LogP contribution in [0.4, 0.5) is 111 Å². The van der Waals surface area contributed by atoms with Crippen LogP contribution in [0.15, 0.2) is 103 Å². The molecule has 0 saturated carbocycles. The quantitative estimate of drug-likeness (QED) is 0.0838. The number of para-hydroxylation sites is 1. The van der Waals surface area contributed by atoms with Gasteiger partial charge in [-0.1, -0.05) is 18.2 Å². The summed E-state index contributed by atoms with van der Waals surface area (Å²) in [5.74, 6) is -4.07. The Hall–Kier alpha value is -5.66. The molecule has 31 heteroatoms. The van der Waals surface area contributed by atoms with Crippen molar-refractivity contribution in [1.29, 1.82) is 0 Å². The minimum atomic E-state index is -5.87. The van der Waals surface area contributed by atoms with E-state index < -0.39 is 185 Å². The van der Waals surface area contributed by atoms with E-state index in [-0.39, 0.29) is 53.4 Å². The predicted molar refractivity (Wildman–Crippen MR) is 207 cm³/mol. The lowest BCUT2D eigenvalue weighted by molar-refractivity contribution is -0.144. The number of benzene rings is 5. The molecule has 0 spiro atoms. The van der Waals surface area contributed by atoms with Gasteiger partial charge in [-0.2, -0.15) is 105 Å². The molecule has 1 fully saturated rings. The molecule has 5 nitrogen and oxygen atoms in total. The standard InChI is InChI=1S/C42H19F24NO4P2/c43-35(44,45)18-6-19(36(46,47)48)11-27(10-18)72(28-12-20(37(49,50)51)7-21(13-28)38(52,53)54)70-31-32(34(69)67(33(31)68)26-4-2-1-3-5-26)71-73(29-14-22(39(55,56)57)8-23(15-29)40(58,59)60)30-16-24(41(61,62)63)9-25(17-30)42(64,65)66/h1-17,31-32H/t31-,32-/m1/s1. The minimum Gasteiger partial charge on any atom is -0.333 e. The molecule has 0 radical (unpaired) electrons. The van der Waals surface area contributed by atoms with Crippen molar-refractivity contribution in [3.63, 3.8) is 0 Å². The second-order valence-electron chi connectivity index (χ2n) is 15.0. The van der Waals surface area contributed by atoms with Crippen LogP contribution < -0.4 is 26.1 Å². The largest absolute Gasteiger partial charge is 0.416 e. The van der Waals surface area contributed by atoms with E-state index >= 15 is 0 Å². The molecule has 394 valence electrons. The summed E-state index contributed by atoms with van der Waals surface area (Å²) in [5, 5.41) is -6.71. The van der Waals surface area contributed by atoms with Crippen molar-refractivity contribution in [3.05, 3.63) is 148 Å². The van der Waals surface area contributed by atoms with Gasteiger partial charge in [-0.15, -0.1) is 0 Å². The van der Waals surface area contributed by atoms with Crippen molar-refractivity contribution in [2.45, 2.75) is 61.6 Å². The molecular weight excluding hydrogens is 1100 g/mol. The molecular formula is C42H19F24NO4P2. The predicted octanol–water partition coefficient (Wildman–Crippen LogP) is 13.6. The van der Waals surface area contributed by atoms with E-state index in [1.54, 1.807) is 0 Å². The second-order valence-corrected chi connectivity index (χ2v) is 18.7. The van der Waals surface area contributed by atoms with Gasteiger partial charge in [0.15, 0.2) is 12.2 Å². The number of carbonyl (C=O) groups excluding carboxylic acids is 2. The molecule has 0 aromatic heterocycles. The van der Waals surface area contributed by atoms with Gasteiger partial charge < -0.3 is 9.05 Å². The maximum atomic E-state index is 14.4. The topological polar surface area (TPSA) is 55.8 Å². The van der Waals surface area contributed by atoms with Crippen LogP contribution in [-0.4, -0.2) is 24.0 Å². The number of nitrogens with zero attached hydrogens (tertiary/aromatic N) is 1. The number of halogens is 24. The van der Waals surface area contributed by atoms with E-state index in [0.717, 1.165) is 24.3 Å². The monoisotopic (exact) mass is 1120 g/mol. The van der Waals surface area contributed by atoms with E-state index in [4.69, 9.17) is 9.05 Å². The first kappa shape index (κ1) is 56.6. The summed E-state index contributed by atoms with van der Waals surface area (Å²) in [5.41, 5.74) is -19.5. The molecule has 2 atom stereocenters. The van der Waals surface area contributed by atoms with E-state index in [1.165, 1.54) is 6.07 Å². The average Bonchev–Trinajstić information content (AvgIpc) is 3.48. The van der Waals surface area contributed by atoms with Crippen LogP contribution >= 0.6 is 16.3 Å². The maximum absolute atomic E-state index is 14.4. The van der Waals surface area contributed by atoms with E-state index in [1.807, 2.05) is 0 Å². The van der Waals surface area contributed by atoms with Crippen molar-refractivity contribution in [2.75, 3.05) is 4.90 Å². The number of rotatable bonds is 9. The van der Waals surface area contributed by atoms with Gasteiger partial charge in [0.2, 0.25) is 0 Å². The van der Waals surface area contributed by atoms with Crippen molar-refractivity contribution in [3.8, 4) is 0 Å². The van der Waals surface area contributed by atoms with Crippen molar-refractivity contribution < 1.29 is 124 Å². The zero-order valence-corrected chi connectivity index (χ0v) is 36.3. The molecule has 5 aromatic carbocycles. The Balaban J connectivity index is 1.72. The smallest absolute Gasteiger partial charge is 0.333 e. The van der Waals surface area contributed by atoms with Crippen LogP contribution in [0.3, 0.4) is 0 Å². The molecule has 0 N–H and O–H groups in total. The van der Waals surface area contributed by atoms with Crippen LogP contribution in [0.1, 0.15) is 44.5 Å². The number of amides is 2. The summed E-state index contributed by atoms with van der Waals surface area (Å²) in [6, 6.07) is -0.110. The fourth-order valence-electron chi connectivity index (χ4n) is 6.65. The first-order valence-corrected chi connectivity index (χ1v) is 21.6. The fraction of sp³-hybridized carbons (Fsp3) is 0.238. The van der Waals surface area contributed by atoms with Gasteiger partial charge in [0.1, 0.15) is 0 Å². The zero-order valence-electron chi connectivity index (χ0n) is 34.5. The zero-order chi connectivity index (χ0) is 55.0. The summed E-state index contributed by atoms with van der Waals surface area (Å²) >= 11 is 0. The number of carbonyl (C=O) groups is 2. The third-order valence-corrected chi connectivity index (χ3v) is 13.7. The van der Waals surface area contributed by atoms with E-state index in [9.17, 15) is 115 Å². The summed E-state index contributed by atoms with van der Waals surface area (Å²) < 4.78 is 353. The van der Waals surface area contributed by atoms with Gasteiger partial charge in [0.05, 0.1) is 66.5 Å². The Morgan fingerprint density at radius 2 is 0.507 bits per heavy atom.